The third-order valence-electron chi connectivity index (χ3n) is 3.85. The summed E-state index contributed by atoms with van der Waals surface area (Å²) in [6, 6.07) is 7.66. The monoisotopic (exact) mass is 365 g/mol. The first-order valence-electron chi connectivity index (χ1n) is 8.64. The SMILES string of the molecule is Cc1cccc(NC(=O)CSCC(=O)NCCCN2CCOCC2)c1. The Labute approximate surface area is 153 Å². The lowest BCUT2D eigenvalue weighted by atomic mass is 10.2. The van der Waals surface area contributed by atoms with E-state index < -0.39 is 0 Å². The minimum absolute atomic E-state index is 0.0182. The molecule has 0 bridgehead atoms. The highest BCUT2D eigenvalue weighted by molar-refractivity contribution is 8.00. The Hall–Kier alpha value is -1.57. The molecule has 2 amide bonds. The van der Waals surface area contributed by atoms with E-state index in [1.54, 1.807) is 0 Å². The van der Waals surface area contributed by atoms with E-state index in [0.29, 0.717) is 12.3 Å². The van der Waals surface area contributed by atoms with Crippen molar-refractivity contribution in [3.63, 3.8) is 0 Å². The normalized spacial score (nSPS) is 14.9. The molecular formula is C18H27N3O3S. The summed E-state index contributed by atoms with van der Waals surface area (Å²) in [6.07, 6.45) is 0.935. The van der Waals surface area contributed by atoms with Crippen LogP contribution in [0.25, 0.3) is 0 Å². The molecule has 0 unspecified atom stereocenters. The van der Waals surface area contributed by atoms with Gasteiger partial charge in [-0.05, 0) is 37.6 Å². The Morgan fingerprint density at radius 1 is 1.20 bits per heavy atom. The highest BCUT2D eigenvalue weighted by Crippen LogP contribution is 2.10. The first-order valence-corrected chi connectivity index (χ1v) is 9.80. The van der Waals surface area contributed by atoms with Gasteiger partial charge in [-0.25, -0.2) is 0 Å². The van der Waals surface area contributed by atoms with E-state index in [9.17, 15) is 9.59 Å². The maximum absolute atomic E-state index is 11.9. The van der Waals surface area contributed by atoms with Crippen molar-refractivity contribution in [3.8, 4) is 0 Å². The summed E-state index contributed by atoms with van der Waals surface area (Å²) < 4.78 is 5.30. The minimum atomic E-state index is -0.0873. The van der Waals surface area contributed by atoms with Crippen molar-refractivity contribution in [2.24, 2.45) is 0 Å². The van der Waals surface area contributed by atoms with E-state index in [0.717, 1.165) is 50.5 Å². The molecule has 0 radical (unpaired) electrons. The second-order valence-corrected chi connectivity index (χ2v) is 7.05. The molecule has 0 saturated carbocycles. The number of anilines is 1. The zero-order chi connectivity index (χ0) is 17.9. The molecule has 0 aliphatic carbocycles. The van der Waals surface area contributed by atoms with Gasteiger partial charge in [0.2, 0.25) is 11.8 Å². The summed E-state index contributed by atoms with van der Waals surface area (Å²) in [5.41, 5.74) is 1.89. The molecule has 6 nitrogen and oxygen atoms in total. The molecule has 2 rings (SSSR count). The third-order valence-corrected chi connectivity index (χ3v) is 4.78. The van der Waals surface area contributed by atoms with E-state index in [-0.39, 0.29) is 17.6 Å². The first-order chi connectivity index (χ1) is 12.1. The van der Waals surface area contributed by atoms with Crippen molar-refractivity contribution in [1.29, 1.82) is 0 Å². The molecule has 1 aliphatic heterocycles. The van der Waals surface area contributed by atoms with Crippen LogP contribution in [0.1, 0.15) is 12.0 Å². The van der Waals surface area contributed by atoms with Gasteiger partial charge in [-0.2, -0.15) is 0 Å². The number of morpholine rings is 1. The Bertz CT molecular complexity index is 562. The number of amides is 2. The lowest BCUT2D eigenvalue weighted by molar-refractivity contribution is -0.118. The number of hydrogen-bond donors (Lipinski definition) is 2. The molecule has 138 valence electrons. The number of hydrogen-bond acceptors (Lipinski definition) is 5. The van der Waals surface area contributed by atoms with Gasteiger partial charge in [-0.3, -0.25) is 14.5 Å². The summed E-state index contributed by atoms with van der Waals surface area (Å²) in [5.74, 6) is 0.472. The lowest BCUT2D eigenvalue weighted by Crippen LogP contribution is -2.38. The minimum Gasteiger partial charge on any atom is -0.379 e. The largest absolute Gasteiger partial charge is 0.379 e. The van der Waals surface area contributed by atoms with Crippen molar-refractivity contribution >= 4 is 29.3 Å². The van der Waals surface area contributed by atoms with Crippen molar-refractivity contribution in [2.45, 2.75) is 13.3 Å². The van der Waals surface area contributed by atoms with Crippen LogP contribution < -0.4 is 10.6 Å². The number of aryl methyl sites for hydroxylation is 1. The standard InChI is InChI=1S/C18H27N3O3S/c1-15-4-2-5-16(12-15)20-18(23)14-25-13-17(22)19-6-3-7-21-8-10-24-11-9-21/h2,4-5,12H,3,6-11,13-14H2,1H3,(H,19,22)(H,20,23). The molecule has 7 heteroatoms. The summed E-state index contributed by atoms with van der Waals surface area (Å²) >= 11 is 1.33. The molecule has 1 saturated heterocycles. The van der Waals surface area contributed by atoms with E-state index in [4.69, 9.17) is 4.74 Å². The number of nitrogens with zero attached hydrogens (tertiary/aromatic N) is 1. The zero-order valence-corrected chi connectivity index (χ0v) is 15.6. The van der Waals surface area contributed by atoms with Crippen LogP contribution in [0, 0.1) is 6.92 Å². The summed E-state index contributed by atoms with van der Waals surface area (Å²) in [4.78, 5) is 26.0. The van der Waals surface area contributed by atoms with Crippen LogP contribution in [-0.4, -0.2) is 67.6 Å². The number of ether oxygens (including phenoxy) is 1. The average Bonchev–Trinajstić information content (AvgIpc) is 2.60. The van der Waals surface area contributed by atoms with Crippen molar-refractivity contribution in [3.05, 3.63) is 29.8 Å². The predicted octanol–water partition coefficient (Wildman–Crippen LogP) is 1.51. The molecule has 0 aromatic heterocycles. The fourth-order valence-corrected chi connectivity index (χ4v) is 3.21. The highest BCUT2D eigenvalue weighted by Gasteiger charge is 2.10. The van der Waals surface area contributed by atoms with Gasteiger partial charge in [0.05, 0.1) is 24.7 Å². The summed E-state index contributed by atoms with van der Waals surface area (Å²) in [5, 5.41) is 5.74. The number of nitrogens with one attached hydrogen (secondary N) is 2. The van der Waals surface area contributed by atoms with Gasteiger partial charge < -0.3 is 15.4 Å². The Morgan fingerprint density at radius 2 is 1.96 bits per heavy atom. The van der Waals surface area contributed by atoms with Crippen LogP contribution >= 0.6 is 11.8 Å². The fourth-order valence-electron chi connectivity index (χ4n) is 2.56. The molecular weight excluding hydrogens is 338 g/mol. The molecule has 1 aromatic carbocycles. The van der Waals surface area contributed by atoms with Crippen molar-refractivity contribution in [1.82, 2.24) is 10.2 Å². The summed E-state index contributed by atoms with van der Waals surface area (Å²) in [7, 11) is 0. The van der Waals surface area contributed by atoms with Gasteiger partial charge in [-0.15, -0.1) is 11.8 Å². The Kier molecular flexibility index (Phi) is 8.79. The van der Waals surface area contributed by atoms with Crippen LogP contribution in [0.4, 0.5) is 5.69 Å². The molecule has 1 aromatic rings. The first kappa shape index (κ1) is 19.8. The number of carbonyl (C=O) groups is 2. The zero-order valence-electron chi connectivity index (χ0n) is 14.8. The van der Waals surface area contributed by atoms with Gasteiger partial charge in [0.1, 0.15) is 0 Å². The number of benzene rings is 1. The van der Waals surface area contributed by atoms with Crippen molar-refractivity contribution < 1.29 is 14.3 Å². The number of thioether (sulfide) groups is 1. The van der Waals surface area contributed by atoms with E-state index in [1.165, 1.54) is 11.8 Å². The smallest absolute Gasteiger partial charge is 0.234 e. The number of carbonyl (C=O) groups excluding carboxylic acids is 2. The molecule has 1 fully saturated rings. The predicted molar refractivity (Wildman–Crippen MR) is 102 cm³/mol. The quantitative estimate of drug-likeness (QED) is 0.649. The maximum Gasteiger partial charge on any atom is 0.234 e. The number of rotatable bonds is 9. The van der Waals surface area contributed by atoms with E-state index in [1.807, 2.05) is 31.2 Å². The van der Waals surface area contributed by atoms with Gasteiger partial charge in [-0.1, -0.05) is 12.1 Å². The second kappa shape index (κ2) is 11.1. The Morgan fingerprint density at radius 3 is 2.72 bits per heavy atom. The van der Waals surface area contributed by atoms with Crippen molar-refractivity contribution in [2.75, 3.05) is 56.2 Å². The Balaban J connectivity index is 1.50. The van der Waals surface area contributed by atoms with E-state index >= 15 is 0 Å². The van der Waals surface area contributed by atoms with E-state index in [2.05, 4.69) is 15.5 Å². The van der Waals surface area contributed by atoms with Gasteiger partial charge in [0, 0.05) is 25.3 Å². The molecule has 2 N–H and O–H groups in total. The fraction of sp³-hybridized carbons (Fsp3) is 0.556. The van der Waals surface area contributed by atoms with Crippen LogP contribution in [-0.2, 0) is 14.3 Å². The van der Waals surface area contributed by atoms with Gasteiger partial charge >= 0.3 is 0 Å². The molecule has 1 heterocycles. The molecule has 25 heavy (non-hydrogen) atoms. The highest BCUT2D eigenvalue weighted by atomic mass is 32.2. The second-order valence-electron chi connectivity index (χ2n) is 6.07. The maximum atomic E-state index is 11.9. The van der Waals surface area contributed by atoms with Crippen LogP contribution in [0.5, 0.6) is 0 Å². The van der Waals surface area contributed by atoms with Gasteiger partial charge in [0.15, 0.2) is 0 Å². The third kappa shape index (κ3) is 8.38. The van der Waals surface area contributed by atoms with Crippen LogP contribution in [0.2, 0.25) is 0 Å². The molecule has 0 spiro atoms. The van der Waals surface area contributed by atoms with Crippen LogP contribution in [0.3, 0.4) is 0 Å². The topological polar surface area (TPSA) is 70.7 Å². The van der Waals surface area contributed by atoms with Crippen LogP contribution in [0.15, 0.2) is 24.3 Å². The average molecular weight is 365 g/mol. The summed E-state index contributed by atoms with van der Waals surface area (Å²) in [6.45, 7) is 7.18. The lowest BCUT2D eigenvalue weighted by Gasteiger charge is -2.26. The molecule has 0 atom stereocenters. The van der Waals surface area contributed by atoms with Gasteiger partial charge in [0.25, 0.3) is 0 Å². The molecule has 1 aliphatic rings.